The Bertz CT molecular complexity index is 594. The van der Waals surface area contributed by atoms with Crippen molar-refractivity contribution >= 4 is 17.5 Å². The predicted molar refractivity (Wildman–Crippen MR) is 66.4 cm³/mol. The molecule has 1 aromatic heterocycles. The molecule has 0 unspecified atom stereocenters. The molecule has 1 aromatic carbocycles. The highest BCUT2D eigenvalue weighted by Crippen LogP contribution is 2.21. The van der Waals surface area contributed by atoms with E-state index in [1.807, 2.05) is 0 Å². The molecule has 0 spiro atoms. The van der Waals surface area contributed by atoms with Crippen molar-refractivity contribution < 1.29 is 9.32 Å². The Balaban J connectivity index is 1.83. The molecule has 1 aliphatic rings. The fourth-order valence-electron chi connectivity index (χ4n) is 2.12. The molecule has 5 heteroatoms. The minimum absolute atomic E-state index is 0.00986. The lowest BCUT2D eigenvalue weighted by Gasteiger charge is -2.25. The molecule has 3 rings (SSSR count). The van der Waals surface area contributed by atoms with Crippen molar-refractivity contribution in [1.82, 2.24) is 10.1 Å². The van der Waals surface area contributed by atoms with Crippen LogP contribution in [0.25, 0.3) is 0 Å². The van der Waals surface area contributed by atoms with Crippen LogP contribution >= 0.6 is 11.6 Å². The van der Waals surface area contributed by atoms with Gasteiger partial charge in [-0.1, -0.05) is 22.8 Å². The Kier molecular flexibility index (Phi) is 2.80. The Morgan fingerprint density at radius 1 is 1.44 bits per heavy atom. The molecular weight excluding hydrogens is 252 g/mol. The van der Waals surface area contributed by atoms with E-state index in [1.54, 1.807) is 35.4 Å². The van der Waals surface area contributed by atoms with E-state index in [2.05, 4.69) is 5.16 Å². The fourth-order valence-corrected chi connectivity index (χ4v) is 2.31. The number of fused-ring (bicyclic) bond motifs is 1. The van der Waals surface area contributed by atoms with Gasteiger partial charge in [-0.25, -0.2) is 0 Å². The van der Waals surface area contributed by atoms with Gasteiger partial charge in [-0.2, -0.15) is 0 Å². The molecule has 0 atom stereocenters. The lowest BCUT2D eigenvalue weighted by atomic mass is 10.1. The summed E-state index contributed by atoms with van der Waals surface area (Å²) in [6, 6.07) is 7.00. The largest absolute Gasteiger partial charge is 0.361 e. The summed E-state index contributed by atoms with van der Waals surface area (Å²) in [5, 5.41) is 4.32. The molecule has 18 heavy (non-hydrogen) atoms. The molecule has 2 heterocycles. The first-order valence-electron chi connectivity index (χ1n) is 5.71. The van der Waals surface area contributed by atoms with Gasteiger partial charge in [0.15, 0.2) is 0 Å². The number of carbonyl (C=O) groups excluding carboxylic acids is 1. The number of hydrogen-bond donors (Lipinski definition) is 0. The second-order valence-electron chi connectivity index (χ2n) is 4.26. The Morgan fingerprint density at radius 2 is 2.33 bits per heavy atom. The van der Waals surface area contributed by atoms with Gasteiger partial charge in [0, 0.05) is 29.1 Å². The molecule has 1 aliphatic heterocycles. The first kappa shape index (κ1) is 11.3. The van der Waals surface area contributed by atoms with E-state index in [1.165, 1.54) is 0 Å². The number of nitrogens with zero attached hydrogens (tertiary/aromatic N) is 2. The average Bonchev–Trinajstić information content (AvgIpc) is 2.85. The molecule has 0 radical (unpaired) electrons. The lowest BCUT2D eigenvalue weighted by Crippen LogP contribution is -2.35. The van der Waals surface area contributed by atoms with Gasteiger partial charge in [0.2, 0.25) is 0 Å². The van der Waals surface area contributed by atoms with Crippen LogP contribution in [0.2, 0.25) is 5.02 Å². The average molecular weight is 263 g/mol. The second kappa shape index (κ2) is 4.46. The summed E-state index contributed by atoms with van der Waals surface area (Å²) in [4.78, 5) is 14.1. The zero-order valence-corrected chi connectivity index (χ0v) is 10.4. The van der Waals surface area contributed by atoms with Gasteiger partial charge in [-0.05, 0) is 18.2 Å². The molecular formula is C13H11ClN2O2. The van der Waals surface area contributed by atoms with Crippen LogP contribution in [-0.4, -0.2) is 22.5 Å². The van der Waals surface area contributed by atoms with E-state index in [0.717, 1.165) is 11.3 Å². The number of rotatable bonds is 1. The third-order valence-corrected chi connectivity index (χ3v) is 3.29. The number of halogens is 1. The predicted octanol–water partition coefficient (Wildman–Crippen LogP) is 2.53. The molecule has 0 N–H and O–H groups in total. The van der Waals surface area contributed by atoms with Crippen molar-refractivity contribution in [3.63, 3.8) is 0 Å². The Morgan fingerprint density at radius 3 is 3.17 bits per heavy atom. The van der Waals surface area contributed by atoms with Crippen molar-refractivity contribution in [2.24, 2.45) is 0 Å². The minimum Gasteiger partial charge on any atom is -0.361 e. The van der Waals surface area contributed by atoms with Crippen LogP contribution in [0.4, 0.5) is 0 Å². The smallest absolute Gasteiger partial charge is 0.254 e. The summed E-state index contributed by atoms with van der Waals surface area (Å²) in [6.45, 7) is 1.19. The number of amides is 1. The van der Waals surface area contributed by atoms with Crippen LogP contribution < -0.4 is 0 Å². The number of hydrogen-bond acceptors (Lipinski definition) is 3. The highest BCUT2D eigenvalue weighted by atomic mass is 35.5. The van der Waals surface area contributed by atoms with E-state index in [0.29, 0.717) is 30.1 Å². The molecule has 4 nitrogen and oxygen atoms in total. The third kappa shape index (κ3) is 1.99. The molecule has 0 saturated heterocycles. The standard InChI is InChI=1S/C13H11ClN2O2/c14-11-3-1-2-9(6-11)13(17)16-5-4-12-10(8-16)7-15-18-12/h1-3,6-7H,4-5,8H2. The van der Waals surface area contributed by atoms with Crippen LogP contribution in [0.5, 0.6) is 0 Å². The molecule has 2 aromatic rings. The maximum atomic E-state index is 12.3. The summed E-state index contributed by atoms with van der Waals surface area (Å²) < 4.78 is 5.10. The molecule has 0 saturated carbocycles. The van der Waals surface area contributed by atoms with Gasteiger partial charge in [-0.15, -0.1) is 0 Å². The van der Waals surface area contributed by atoms with Crippen molar-refractivity contribution in [2.45, 2.75) is 13.0 Å². The molecule has 0 fully saturated rings. The zero-order valence-electron chi connectivity index (χ0n) is 9.60. The van der Waals surface area contributed by atoms with Crippen molar-refractivity contribution in [3.05, 3.63) is 52.4 Å². The van der Waals surface area contributed by atoms with Crippen molar-refractivity contribution in [3.8, 4) is 0 Å². The van der Waals surface area contributed by atoms with Crippen LogP contribution in [0.1, 0.15) is 21.7 Å². The fraction of sp³-hybridized carbons (Fsp3) is 0.231. The summed E-state index contributed by atoms with van der Waals surface area (Å²) in [6.07, 6.45) is 2.38. The van der Waals surface area contributed by atoms with Gasteiger partial charge in [-0.3, -0.25) is 4.79 Å². The summed E-state index contributed by atoms with van der Waals surface area (Å²) in [5.74, 6) is 0.870. The highest BCUT2D eigenvalue weighted by molar-refractivity contribution is 6.30. The van der Waals surface area contributed by atoms with E-state index in [9.17, 15) is 4.79 Å². The van der Waals surface area contributed by atoms with E-state index >= 15 is 0 Å². The normalized spacial score (nSPS) is 14.4. The summed E-state index contributed by atoms with van der Waals surface area (Å²) in [7, 11) is 0. The maximum absolute atomic E-state index is 12.3. The minimum atomic E-state index is -0.00986. The molecule has 1 amide bonds. The van der Waals surface area contributed by atoms with Gasteiger partial charge in [0.05, 0.1) is 12.7 Å². The number of aromatic nitrogens is 1. The quantitative estimate of drug-likeness (QED) is 0.793. The Labute approximate surface area is 109 Å². The first-order valence-corrected chi connectivity index (χ1v) is 6.09. The number of carbonyl (C=O) groups is 1. The van der Waals surface area contributed by atoms with E-state index < -0.39 is 0 Å². The van der Waals surface area contributed by atoms with E-state index in [4.69, 9.17) is 16.1 Å². The highest BCUT2D eigenvalue weighted by Gasteiger charge is 2.24. The van der Waals surface area contributed by atoms with Gasteiger partial charge in [0.25, 0.3) is 5.91 Å². The zero-order chi connectivity index (χ0) is 12.5. The first-order chi connectivity index (χ1) is 8.74. The van der Waals surface area contributed by atoms with Crippen LogP contribution in [-0.2, 0) is 13.0 Å². The Hall–Kier alpha value is -1.81. The van der Waals surface area contributed by atoms with Crippen LogP contribution in [0.3, 0.4) is 0 Å². The molecule has 0 bridgehead atoms. The third-order valence-electron chi connectivity index (χ3n) is 3.06. The molecule has 0 aliphatic carbocycles. The van der Waals surface area contributed by atoms with Crippen LogP contribution in [0.15, 0.2) is 35.0 Å². The topological polar surface area (TPSA) is 46.3 Å². The van der Waals surface area contributed by atoms with Crippen molar-refractivity contribution in [2.75, 3.05) is 6.54 Å². The second-order valence-corrected chi connectivity index (χ2v) is 4.70. The lowest BCUT2D eigenvalue weighted by molar-refractivity contribution is 0.0729. The van der Waals surface area contributed by atoms with Gasteiger partial charge >= 0.3 is 0 Å². The SMILES string of the molecule is O=C(c1cccc(Cl)c1)N1CCc2oncc2C1. The number of benzene rings is 1. The summed E-state index contributed by atoms with van der Waals surface area (Å²) in [5.41, 5.74) is 1.60. The monoisotopic (exact) mass is 262 g/mol. The maximum Gasteiger partial charge on any atom is 0.254 e. The van der Waals surface area contributed by atoms with Gasteiger partial charge < -0.3 is 9.42 Å². The molecule has 92 valence electrons. The van der Waals surface area contributed by atoms with Crippen LogP contribution in [0, 0.1) is 0 Å². The van der Waals surface area contributed by atoms with Crippen molar-refractivity contribution in [1.29, 1.82) is 0 Å². The summed E-state index contributed by atoms with van der Waals surface area (Å²) >= 11 is 5.90. The van der Waals surface area contributed by atoms with E-state index in [-0.39, 0.29) is 5.91 Å². The van der Waals surface area contributed by atoms with Gasteiger partial charge in [0.1, 0.15) is 5.76 Å².